The molecular formula is C6H6GeO. The average Bonchev–Trinajstić information content (AvgIpc) is 1.90. The van der Waals surface area contributed by atoms with Crippen LogP contribution in [0.15, 0.2) is 23.1 Å². The summed E-state index contributed by atoms with van der Waals surface area (Å²) >= 11 is -0.432. The Morgan fingerprint density at radius 1 is 1.50 bits per heavy atom. The van der Waals surface area contributed by atoms with Gasteiger partial charge in [-0.15, -0.1) is 0 Å². The quantitative estimate of drug-likeness (QED) is 0.392. The van der Waals surface area contributed by atoms with Crippen LogP contribution >= 0.6 is 0 Å². The maximum atomic E-state index is 10.1. The fourth-order valence-corrected chi connectivity index (χ4v) is 2.13. The van der Waals surface area contributed by atoms with Crippen molar-refractivity contribution in [3.63, 3.8) is 0 Å². The molecule has 40 valence electrons. The number of hydrogen-bond acceptors (Lipinski definition) is 1. The van der Waals surface area contributed by atoms with Crippen molar-refractivity contribution in [3.8, 4) is 0 Å². The van der Waals surface area contributed by atoms with Gasteiger partial charge in [0.25, 0.3) is 0 Å². The van der Waals surface area contributed by atoms with Crippen LogP contribution in [0.4, 0.5) is 0 Å². The van der Waals surface area contributed by atoms with Gasteiger partial charge < -0.3 is 0 Å². The summed E-state index contributed by atoms with van der Waals surface area (Å²) in [5, 5.41) is 0. The Bertz CT molecular complexity index is 177. The molecule has 0 radical (unpaired) electrons. The van der Waals surface area contributed by atoms with Crippen LogP contribution in [0.5, 0.6) is 0 Å². The fourth-order valence-electron chi connectivity index (χ4n) is 0.532. The summed E-state index contributed by atoms with van der Waals surface area (Å²) in [6.07, 6.45) is 6.77. The molecule has 1 aliphatic heterocycles. The van der Waals surface area contributed by atoms with Gasteiger partial charge in [-0.3, -0.25) is 0 Å². The van der Waals surface area contributed by atoms with E-state index < -0.39 is 15.0 Å². The van der Waals surface area contributed by atoms with E-state index in [1.165, 1.54) is 0 Å². The molecule has 0 amide bonds. The molecule has 0 fully saturated rings. The molecule has 0 unspecified atom stereocenters. The van der Waals surface area contributed by atoms with Crippen LogP contribution in [0.3, 0.4) is 0 Å². The van der Waals surface area contributed by atoms with Crippen molar-refractivity contribution in [1.29, 1.82) is 0 Å². The van der Waals surface area contributed by atoms with Gasteiger partial charge in [0.05, 0.1) is 0 Å². The topological polar surface area (TPSA) is 17.1 Å². The zero-order valence-electron chi connectivity index (χ0n) is 4.37. The summed E-state index contributed by atoms with van der Waals surface area (Å²) in [7, 11) is 0. The molecule has 0 aliphatic carbocycles. The maximum absolute atomic E-state index is 10.1. The Labute approximate surface area is 54.1 Å². The summed E-state index contributed by atoms with van der Waals surface area (Å²) < 4.78 is 1.01. The van der Waals surface area contributed by atoms with Gasteiger partial charge in [-0.05, 0) is 0 Å². The molecule has 0 N–H and O–H groups in total. The Balaban J connectivity index is 2.82. The second-order valence-corrected chi connectivity index (χ2v) is 4.43. The summed E-state index contributed by atoms with van der Waals surface area (Å²) in [6, 6.07) is 0. The average molecular weight is 167 g/mol. The molecule has 0 atom stereocenters. The first-order valence-corrected chi connectivity index (χ1v) is 5.05. The second kappa shape index (κ2) is 2.77. The normalized spacial score (nSPS) is 15.8. The van der Waals surface area contributed by atoms with Gasteiger partial charge >= 0.3 is 53.6 Å². The molecular weight excluding hydrogens is 161 g/mol. The molecule has 0 bridgehead atoms. The van der Waals surface area contributed by atoms with E-state index in [2.05, 4.69) is 4.91 Å². The van der Waals surface area contributed by atoms with Crippen LogP contribution in [0, 0.1) is 0 Å². The van der Waals surface area contributed by atoms with Crippen molar-refractivity contribution >= 4 is 25.6 Å². The Morgan fingerprint density at radius 3 is 2.75 bits per heavy atom. The summed E-state index contributed by atoms with van der Waals surface area (Å²) in [5.41, 5.74) is 0. The van der Waals surface area contributed by atoms with E-state index in [1.807, 2.05) is 18.2 Å². The molecule has 0 aromatic rings. The van der Waals surface area contributed by atoms with Crippen LogP contribution in [-0.2, 0) is 4.79 Å². The summed E-state index contributed by atoms with van der Waals surface area (Å²) in [6.45, 7) is 0. The third-order valence-corrected chi connectivity index (χ3v) is 3.30. The number of aldehydes is 1. The first-order valence-electron chi connectivity index (χ1n) is 2.44. The van der Waals surface area contributed by atoms with Crippen molar-refractivity contribution in [2.45, 2.75) is 0 Å². The van der Waals surface area contributed by atoms with E-state index in [0.717, 1.165) is 10.6 Å². The van der Waals surface area contributed by atoms with Crippen LogP contribution in [0.25, 0.3) is 0 Å². The zero-order chi connectivity index (χ0) is 5.82. The van der Waals surface area contributed by atoms with Gasteiger partial charge in [0, 0.05) is 0 Å². The molecule has 8 heavy (non-hydrogen) atoms. The van der Waals surface area contributed by atoms with E-state index in [1.54, 1.807) is 0 Å². The predicted octanol–water partition coefficient (Wildman–Crippen LogP) is -0.122. The van der Waals surface area contributed by atoms with Crippen molar-refractivity contribution in [2.24, 2.45) is 0 Å². The zero-order valence-corrected chi connectivity index (χ0v) is 6.79. The summed E-state index contributed by atoms with van der Waals surface area (Å²) in [5.74, 6) is 0. The Hall–Kier alpha value is -0.437. The molecule has 0 spiro atoms. The van der Waals surface area contributed by atoms with Crippen LogP contribution in [0.1, 0.15) is 0 Å². The second-order valence-electron chi connectivity index (χ2n) is 1.53. The van der Waals surface area contributed by atoms with Crippen molar-refractivity contribution in [1.82, 2.24) is 0 Å². The number of rotatable bonds is 1. The van der Waals surface area contributed by atoms with E-state index in [0.29, 0.717) is 0 Å². The van der Waals surface area contributed by atoms with Crippen molar-refractivity contribution in [3.05, 3.63) is 23.1 Å². The first-order chi connectivity index (χ1) is 3.93. The first kappa shape index (κ1) is 5.70. The minimum absolute atomic E-state index is 0.432. The minimum atomic E-state index is -0.432. The van der Waals surface area contributed by atoms with Crippen LogP contribution in [0.2, 0.25) is 0 Å². The van der Waals surface area contributed by atoms with Crippen molar-refractivity contribution < 1.29 is 4.79 Å². The van der Waals surface area contributed by atoms with Gasteiger partial charge in [0.1, 0.15) is 0 Å². The number of allylic oxidation sites excluding steroid dienone is 3. The third kappa shape index (κ3) is 1.27. The number of hydrogen-bond donors (Lipinski definition) is 0. The van der Waals surface area contributed by atoms with Gasteiger partial charge in [-0.1, -0.05) is 0 Å². The molecule has 0 saturated heterocycles. The SMILES string of the molecule is O=C[C]1=[GeH][CH]=CC=C1. The molecule has 2 heteroatoms. The van der Waals surface area contributed by atoms with E-state index in [4.69, 9.17) is 0 Å². The van der Waals surface area contributed by atoms with Crippen LogP contribution < -0.4 is 0 Å². The monoisotopic (exact) mass is 168 g/mol. The van der Waals surface area contributed by atoms with Gasteiger partial charge in [0.15, 0.2) is 0 Å². The molecule has 1 aliphatic rings. The van der Waals surface area contributed by atoms with E-state index >= 15 is 0 Å². The van der Waals surface area contributed by atoms with Gasteiger partial charge in [-0.2, -0.15) is 0 Å². The van der Waals surface area contributed by atoms with Gasteiger partial charge in [0.2, 0.25) is 0 Å². The molecule has 0 aromatic carbocycles. The summed E-state index contributed by atoms with van der Waals surface area (Å²) in [4.78, 5) is 12.2. The number of carbonyl (C=O) groups is 1. The van der Waals surface area contributed by atoms with E-state index in [-0.39, 0.29) is 0 Å². The Kier molecular flexibility index (Phi) is 1.97. The van der Waals surface area contributed by atoms with Crippen LogP contribution in [-0.4, -0.2) is 25.6 Å². The molecule has 1 nitrogen and oxygen atoms in total. The standard InChI is InChI=1S/C6H6GeO/c8-5-6-3-1-2-4-7-6/h1-5,7H. The third-order valence-electron chi connectivity index (χ3n) is 0.936. The fraction of sp³-hybridized carbons (Fsp3) is 0. The van der Waals surface area contributed by atoms with Gasteiger partial charge in [-0.25, -0.2) is 0 Å². The Morgan fingerprint density at radius 2 is 2.38 bits per heavy atom. The molecule has 1 rings (SSSR count). The van der Waals surface area contributed by atoms with E-state index in [9.17, 15) is 4.79 Å². The van der Waals surface area contributed by atoms with Crippen molar-refractivity contribution in [2.75, 3.05) is 0 Å². The number of carbonyl (C=O) groups excluding carboxylic acids is 1. The molecule has 1 heterocycles. The molecule has 0 saturated carbocycles. The molecule has 0 aromatic heterocycles. The predicted molar refractivity (Wildman–Crippen MR) is 36.5 cm³/mol.